The van der Waals surface area contributed by atoms with Crippen molar-refractivity contribution in [3.05, 3.63) is 88.3 Å². The number of carbonyl (C=O) groups excluding carboxylic acids is 1. The average Bonchev–Trinajstić information content (AvgIpc) is 3.69. The molecule has 2 aliphatic heterocycles. The van der Waals surface area contributed by atoms with E-state index in [4.69, 9.17) is 13.9 Å². The van der Waals surface area contributed by atoms with Crippen LogP contribution in [-0.4, -0.2) is 63.4 Å². The molecule has 1 amide bonds. The van der Waals surface area contributed by atoms with E-state index in [2.05, 4.69) is 10.00 Å². The topological polar surface area (TPSA) is 116 Å². The molecule has 0 bridgehead atoms. The Hall–Kier alpha value is -4.64. The zero-order valence-electron chi connectivity index (χ0n) is 19.8. The number of ether oxygens (including phenoxy) is 2. The van der Waals surface area contributed by atoms with Crippen molar-refractivity contribution in [2.75, 3.05) is 33.0 Å². The Kier molecular flexibility index (Phi) is 5.81. The molecule has 2 aromatic heterocycles. The lowest BCUT2D eigenvalue weighted by atomic mass is 10.1. The number of hydrogen-bond acceptors (Lipinski definition) is 8. The molecule has 6 rings (SSSR count). The lowest BCUT2D eigenvalue weighted by Crippen LogP contribution is -2.48. The van der Waals surface area contributed by atoms with Gasteiger partial charge >= 0.3 is 0 Å². The number of nitro groups is 1. The molecule has 188 valence electrons. The quantitative estimate of drug-likeness (QED) is 0.290. The van der Waals surface area contributed by atoms with Crippen LogP contribution < -0.4 is 9.47 Å². The van der Waals surface area contributed by atoms with Crippen LogP contribution in [-0.2, 0) is 6.54 Å². The molecular formula is C26H23N5O6. The third-order valence-corrected chi connectivity index (χ3v) is 6.49. The summed E-state index contributed by atoms with van der Waals surface area (Å²) in [4.78, 5) is 28.6. The van der Waals surface area contributed by atoms with Crippen LogP contribution in [0.4, 0.5) is 5.69 Å². The second kappa shape index (κ2) is 9.43. The number of amides is 1. The molecule has 0 N–H and O–H groups in total. The summed E-state index contributed by atoms with van der Waals surface area (Å²) < 4.78 is 17.8. The Morgan fingerprint density at radius 1 is 0.973 bits per heavy atom. The van der Waals surface area contributed by atoms with E-state index in [-0.39, 0.29) is 18.4 Å². The first-order valence-electron chi connectivity index (χ1n) is 11.8. The lowest BCUT2D eigenvalue weighted by molar-refractivity contribution is -0.384. The largest absolute Gasteiger partial charge is 0.463 e. The minimum absolute atomic E-state index is 0.0805. The molecule has 11 heteroatoms. The smallest absolute Gasteiger partial charge is 0.272 e. The molecule has 2 aliphatic rings. The van der Waals surface area contributed by atoms with Crippen LogP contribution in [0.3, 0.4) is 0 Å². The van der Waals surface area contributed by atoms with E-state index < -0.39 is 4.92 Å². The summed E-state index contributed by atoms with van der Waals surface area (Å²) in [7, 11) is 0. The van der Waals surface area contributed by atoms with E-state index in [0.29, 0.717) is 49.0 Å². The zero-order chi connectivity index (χ0) is 25.4. The number of nitro benzene ring substituents is 1. The number of fused-ring (bicyclic) bond motifs is 1. The lowest BCUT2D eigenvalue weighted by Gasteiger charge is -2.34. The van der Waals surface area contributed by atoms with Gasteiger partial charge in [0, 0.05) is 50.9 Å². The van der Waals surface area contributed by atoms with Crippen molar-refractivity contribution in [3.8, 4) is 28.6 Å². The molecular weight excluding hydrogens is 478 g/mol. The van der Waals surface area contributed by atoms with E-state index in [9.17, 15) is 14.9 Å². The third kappa shape index (κ3) is 4.52. The van der Waals surface area contributed by atoms with Crippen LogP contribution in [0.1, 0.15) is 16.1 Å². The molecule has 0 atom stereocenters. The maximum absolute atomic E-state index is 13.6. The number of benzene rings is 2. The number of nitrogens with zero attached hydrogens (tertiary/aromatic N) is 5. The Morgan fingerprint density at radius 2 is 1.81 bits per heavy atom. The fourth-order valence-corrected chi connectivity index (χ4v) is 4.58. The Labute approximate surface area is 211 Å². The monoisotopic (exact) mass is 501 g/mol. The molecule has 0 spiro atoms. The van der Waals surface area contributed by atoms with Gasteiger partial charge in [0.25, 0.3) is 11.6 Å². The molecule has 4 heterocycles. The van der Waals surface area contributed by atoms with Crippen LogP contribution >= 0.6 is 0 Å². The number of furan rings is 1. The maximum Gasteiger partial charge on any atom is 0.272 e. The van der Waals surface area contributed by atoms with Crippen LogP contribution in [0, 0.1) is 10.1 Å². The van der Waals surface area contributed by atoms with Gasteiger partial charge in [-0.2, -0.15) is 5.10 Å². The molecule has 0 radical (unpaired) electrons. The molecule has 0 aliphatic carbocycles. The van der Waals surface area contributed by atoms with Gasteiger partial charge in [0.15, 0.2) is 17.3 Å². The SMILES string of the molecule is O=C(c1cc(-c2ccco2)nn1-c1cccc([N+](=O)[O-])c1)N1CCN(Cc2ccc3c(c2)OCO3)CC1. The maximum atomic E-state index is 13.6. The first-order valence-corrected chi connectivity index (χ1v) is 11.8. The summed E-state index contributed by atoms with van der Waals surface area (Å²) in [5.41, 5.74) is 2.26. The Bertz CT molecular complexity index is 1460. The number of non-ortho nitro benzene ring substituents is 1. The van der Waals surface area contributed by atoms with Gasteiger partial charge in [-0.05, 0) is 35.9 Å². The van der Waals surface area contributed by atoms with Crippen molar-refractivity contribution >= 4 is 11.6 Å². The highest BCUT2D eigenvalue weighted by Crippen LogP contribution is 2.33. The van der Waals surface area contributed by atoms with E-state index in [1.807, 2.05) is 18.2 Å². The van der Waals surface area contributed by atoms with Crippen molar-refractivity contribution in [2.45, 2.75) is 6.54 Å². The number of hydrogen-bond donors (Lipinski definition) is 0. The van der Waals surface area contributed by atoms with E-state index >= 15 is 0 Å². The fraction of sp³-hybridized carbons (Fsp3) is 0.231. The highest BCUT2D eigenvalue weighted by molar-refractivity contribution is 5.94. The third-order valence-electron chi connectivity index (χ3n) is 6.49. The summed E-state index contributed by atoms with van der Waals surface area (Å²) in [5, 5.41) is 15.9. The summed E-state index contributed by atoms with van der Waals surface area (Å²) in [5.74, 6) is 1.83. The first-order chi connectivity index (χ1) is 18.0. The summed E-state index contributed by atoms with van der Waals surface area (Å²) in [6.45, 7) is 3.48. The normalized spacial score (nSPS) is 15.2. The highest BCUT2D eigenvalue weighted by atomic mass is 16.7. The van der Waals surface area contributed by atoms with Gasteiger partial charge in [-0.3, -0.25) is 19.8 Å². The molecule has 0 unspecified atom stereocenters. The number of aromatic nitrogens is 2. The van der Waals surface area contributed by atoms with Gasteiger partial charge in [-0.25, -0.2) is 4.68 Å². The van der Waals surface area contributed by atoms with Crippen LogP contribution in [0.2, 0.25) is 0 Å². The molecule has 37 heavy (non-hydrogen) atoms. The fourth-order valence-electron chi connectivity index (χ4n) is 4.58. The predicted molar refractivity (Wildman–Crippen MR) is 132 cm³/mol. The van der Waals surface area contributed by atoms with E-state index in [1.54, 1.807) is 35.2 Å². The van der Waals surface area contributed by atoms with Crippen LogP contribution in [0.5, 0.6) is 11.5 Å². The highest BCUT2D eigenvalue weighted by Gasteiger charge is 2.27. The van der Waals surface area contributed by atoms with Crippen LogP contribution in [0.25, 0.3) is 17.1 Å². The van der Waals surface area contributed by atoms with Crippen molar-refractivity contribution in [1.82, 2.24) is 19.6 Å². The molecule has 2 aromatic carbocycles. The summed E-state index contributed by atoms with van der Waals surface area (Å²) >= 11 is 0. The predicted octanol–water partition coefficient (Wildman–Crippen LogP) is 3.73. The van der Waals surface area contributed by atoms with Crippen molar-refractivity contribution in [3.63, 3.8) is 0 Å². The van der Waals surface area contributed by atoms with Gasteiger partial charge in [-0.1, -0.05) is 12.1 Å². The van der Waals surface area contributed by atoms with Gasteiger partial charge in [0.2, 0.25) is 6.79 Å². The average molecular weight is 501 g/mol. The molecule has 11 nitrogen and oxygen atoms in total. The second-order valence-corrected chi connectivity index (χ2v) is 8.84. The van der Waals surface area contributed by atoms with Gasteiger partial charge in [-0.15, -0.1) is 0 Å². The molecule has 1 saturated heterocycles. The van der Waals surface area contributed by atoms with E-state index in [0.717, 1.165) is 23.6 Å². The first kappa shape index (κ1) is 22.8. The summed E-state index contributed by atoms with van der Waals surface area (Å²) in [6.07, 6.45) is 1.53. The van der Waals surface area contributed by atoms with Crippen molar-refractivity contribution in [2.24, 2.45) is 0 Å². The van der Waals surface area contributed by atoms with E-state index in [1.165, 1.54) is 23.1 Å². The number of piperazine rings is 1. The van der Waals surface area contributed by atoms with Gasteiger partial charge < -0.3 is 18.8 Å². The number of carbonyl (C=O) groups is 1. The molecule has 4 aromatic rings. The molecule has 0 saturated carbocycles. The zero-order valence-corrected chi connectivity index (χ0v) is 19.8. The number of rotatable bonds is 6. The van der Waals surface area contributed by atoms with Gasteiger partial charge in [0.1, 0.15) is 11.4 Å². The summed E-state index contributed by atoms with van der Waals surface area (Å²) in [6, 6.07) is 17.2. The Morgan fingerprint density at radius 3 is 2.59 bits per heavy atom. The van der Waals surface area contributed by atoms with Crippen molar-refractivity contribution < 1.29 is 23.6 Å². The standard InChI is InChI=1S/C26H23N5O6/c32-26(29-10-8-28(9-11-29)16-18-6-7-24-25(13-18)37-17-36-24)22-15-21(23-5-2-12-35-23)27-30(22)19-3-1-4-20(14-19)31(33)34/h1-7,12-15H,8-11,16-17H2. The second-order valence-electron chi connectivity index (χ2n) is 8.84. The minimum atomic E-state index is -0.471. The minimum Gasteiger partial charge on any atom is -0.463 e. The molecule has 1 fully saturated rings. The van der Waals surface area contributed by atoms with Gasteiger partial charge in [0.05, 0.1) is 16.9 Å². The Balaban J connectivity index is 1.21. The van der Waals surface area contributed by atoms with Crippen molar-refractivity contribution in [1.29, 1.82) is 0 Å². The van der Waals surface area contributed by atoms with Crippen LogP contribution in [0.15, 0.2) is 71.3 Å².